The predicted octanol–water partition coefficient (Wildman–Crippen LogP) is 12.6. The topological polar surface area (TPSA) is 189 Å². The molecule has 0 aromatic rings. The van der Waals surface area contributed by atoms with Gasteiger partial charge in [0.05, 0.1) is 25.4 Å². The summed E-state index contributed by atoms with van der Waals surface area (Å²) in [4.78, 5) is 13.2. The molecule has 0 aromatic carbocycles. The summed E-state index contributed by atoms with van der Waals surface area (Å²) in [5.74, 6) is -0.690. The largest absolute Gasteiger partial charge is 0.394 e. The van der Waals surface area contributed by atoms with Crippen molar-refractivity contribution < 1.29 is 50.0 Å². The van der Waals surface area contributed by atoms with Crippen LogP contribution in [0.25, 0.3) is 0 Å². The summed E-state index contributed by atoms with van der Waals surface area (Å²) in [5.41, 5.74) is 0. The van der Waals surface area contributed by atoms with E-state index in [0.29, 0.717) is 19.3 Å². The van der Waals surface area contributed by atoms with Gasteiger partial charge < -0.3 is 50.5 Å². The molecule has 0 aromatic heterocycles. The Morgan fingerprint density at radius 1 is 0.449 bits per heavy atom. The van der Waals surface area contributed by atoms with Crippen LogP contribution in [0.15, 0.2) is 0 Å². The van der Waals surface area contributed by atoms with E-state index in [4.69, 9.17) is 9.47 Å². The third-order valence-corrected chi connectivity index (χ3v) is 14.9. The minimum atomic E-state index is -1.66. The Morgan fingerprint density at radius 2 is 0.754 bits per heavy atom. The number of carbonyl (C=O) groups is 1. The van der Waals surface area contributed by atoms with Gasteiger partial charge in [0.25, 0.3) is 0 Å². The van der Waals surface area contributed by atoms with Gasteiger partial charge in [0.2, 0.25) is 5.91 Å². The minimum Gasteiger partial charge on any atom is -0.394 e. The number of nitrogens with one attached hydrogen (secondary N) is 1. The van der Waals surface area contributed by atoms with Crippen molar-refractivity contribution in [3.63, 3.8) is 0 Å². The zero-order valence-electron chi connectivity index (χ0n) is 45.1. The summed E-state index contributed by atoms with van der Waals surface area (Å²) in [6.07, 6.45) is 43.1. The first kappa shape index (κ1) is 66.1. The zero-order valence-corrected chi connectivity index (χ0v) is 45.1. The molecule has 11 heteroatoms. The summed E-state index contributed by atoms with van der Waals surface area (Å²) >= 11 is 0. The number of aliphatic hydroxyl groups excluding tert-OH is 7. The summed E-state index contributed by atoms with van der Waals surface area (Å²) in [6, 6.07) is -1.16. The van der Waals surface area contributed by atoms with E-state index in [1.54, 1.807) is 0 Å². The molecule has 1 amide bonds. The van der Waals surface area contributed by atoms with Crippen molar-refractivity contribution in [2.24, 2.45) is 0 Å². The smallest absolute Gasteiger partial charge is 0.249 e. The van der Waals surface area contributed by atoms with Crippen LogP contribution in [0.5, 0.6) is 0 Å². The van der Waals surface area contributed by atoms with Gasteiger partial charge in [-0.15, -0.1) is 0 Å². The van der Waals surface area contributed by atoms with Crippen molar-refractivity contribution >= 4 is 5.91 Å². The van der Waals surface area contributed by atoms with Crippen molar-refractivity contribution in [3.8, 4) is 0 Å². The number of ether oxygens (including phenoxy) is 2. The van der Waals surface area contributed by atoms with E-state index in [2.05, 4.69) is 19.2 Å². The lowest BCUT2D eigenvalue weighted by atomic mass is 9.98. The van der Waals surface area contributed by atoms with Gasteiger partial charge in [-0.1, -0.05) is 284 Å². The first-order chi connectivity index (χ1) is 33.7. The number of amides is 1. The van der Waals surface area contributed by atoms with Crippen molar-refractivity contribution in [2.75, 3.05) is 13.2 Å². The summed E-state index contributed by atoms with van der Waals surface area (Å²) in [7, 11) is 0. The Labute approximate surface area is 424 Å². The van der Waals surface area contributed by atoms with Crippen LogP contribution in [0.4, 0.5) is 0 Å². The molecule has 1 aliphatic heterocycles. The lowest BCUT2D eigenvalue weighted by Gasteiger charge is -2.40. The van der Waals surface area contributed by atoms with E-state index in [0.717, 1.165) is 38.5 Å². The number of carbonyl (C=O) groups excluding carboxylic acids is 1. The average Bonchev–Trinajstić information content (AvgIpc) is 3.35. The van der Waals surface area contributed by atoms with Gasteiger partial charge >= 0.3 is 0 Å². The van der Waals surface area contributed by atoms with E-state index in [1.165, 1.54) is 218 Å². The molecule has 412 valence electrons. The highest BCUT2D eigenvalue weighted by atomic mass is 16.7. The Bertz CT molecular complexity index is 1090. The summed E-state index contributed by atoms with van der Waals surface area (Å²) in [6.45, 7) is 3.49. The Morgan fingerprint density at radius 3 is 1.07 bits per heavy atom. The van der Waals surface area contributed by atoms with Gasteiger partial charge in [0.1, 0.15) is 36.6 Å². The van der Waals surface area contributed by atoms with E-state index in [-0.39, 0.29) is 6.42 Å². The number of hydrogen-bond donors (Lipinski definition) is 8. The van der Waals surface area contributed by atoms with E-state index < -0.39 is 74.2 Å². The molecule has 0 radical (unpaired) electrons. The minimum absolute atomic E-state index is 0.267. The van der Waals surface area contributed by atoms with Gasteiger partial charge in [-0.05, 0) is 12.8 Å². The lowest BCUT2D eigenvalue weighted by Crippen LogP contribution is -2.60. The summed E-state index contributed by atoms with van der Waals surface area (Å²) in [5, 5.41) is 76.1. The molecule has 1 rings (SSSR count). The van der Waals surface area contributed by atoms with Crippen LogP contribution in [0.3, 0.4) is 0 Å². The molecule has 0 bridgehead atoms. The fraction of sp³-hybridized carbons (Fsp3) is 0.983. The molecule has 11 nitrogen and oxygen atoms in total. The van der Waals surface area contributed by atoms with Crippen LogP contribution in [-0.4, -0.2) is 110 Å². The highest BCUT2D eigenvalue weighted by Crippen LogP contribution is 2.24. The van der Waals surface area contributed by atoms with Crippen molar-refractivity contribution in [1.82, 2.24) is 5.32 Å². The molecular weight excluding hydrogens is 871 g/mol. The van der Waals surface area contributed by atoms with Gasteiger partial charge in [0, 0.05) is 0 Å². The monoisotopic (exact) mass is 986 g/mol. The highest BCUT2D eigenvalue weighted by Gasteiger charge is 2.44. The molecule has 9 atom stereocenters. The molecule has 0 spiro atoms. The first-order valence-electron chi connectivity index (χ1n) is 29.9. The molecule has 1 aliphatic rings. The van der Waals surface area contributed by atoms with E-state index >= 15 is 0 Å². The molecule has 1 fully saturated rings. The maximum atomic E-state index is 13.2. The van der Waals surface area contributed by atoms with Gasteiger partial charge in [0.15, 0.2) is 6.29 Å². The van der Waals surface area contributed by atoms with E-state index in [1.807, 2.05) is 0 Å². The summed E-state index contributed by atoms with van der Waals surface area (Å²) < 4.78 is 11.1. The molecule has 0 saturated carbocycles. The molecular formula is C58H115NO10. The normalized spacial score (nSPS) is 20.3. The third-order valence-electron chi connectivity index (χ3n) is 14.9. The van der Waals surface area contributed by atoms with Crippen LogP contribution >= 0.6 is 0 Å². The van der Waals surface area contributed by atoms with Gasteiger partial charge in [-0.3, -0.25) is 4.79 Å². The van der Waals surface area contributed by atoms with Crippen molar-refractivity contribution in [1.29, 1.82) is 0 Å². The predicted molar refractivity (Wildman–Crippen MR) is 284 cm³/mol. The van der Waals surface area contributed by atoms with Crippen LogP contribution in [-0.2, 0) is 14.3 Å². The average molecular weight is 987 g/mol. The van der Waals surface area contributed by atoms with Crippen LogP contribution < -0.4 is 5.32 Å². The second-order valence-electron chi connectivity index (χ2n) is 21.4. The second-order valence-corrected chi connectivity index (χ2v) is 21.4. The molecule has 8 N–H and O–H groups in total. The van der Waals surface area contributed by atoms with Crippen molar-refractivity contribution in [2.45, 2.75) is 351 Å². The fourth-order valence-corrected chi connectivity index (χ4v) is 10.0. The van der Waals surface area contributed by atoms with Gasteiger partial charge in [-0.2, -0.15) is 0 Å². The first-order valence-corrected chi connectivity index (χ1v) is 29.9. The molecule has 0 aliphatic carbocycles. The van der Waals surface area contributed by atoms with E-state index in [9.17, 15) is 40.5 Å². The molecule has 69 heavy (non-hydrogen) atoms. The number of aliphatic hydroxyl groups is 7. The molecule has 1 saturated heterocycles. The second kappa shape index (κ2) is 48.1. The Balaban J connectivity index is 2.22. The highest BCUT2D eigenvalue weighted by molar-refractivity contribution is 5.80. The number of rotatable bonds is 52. The molecule has 9 unspecified atom stereocenters. The number of unbranched alkanes of at least 4 members (excludes halogenated alkanes) is 40. The maximum Gasteiger partial charge on any atom is 0.249 e. The fourth-order valence-electron chi connectivity index (χ4n) is 10.0. The Kier molecular flexibility index (Phi) is 46.1. The van der Waals surface area contributed by atoms with Gasteiger partial charge in [-0.25, -0.2) is 0 Å². The van der Waals surface area contributed by atoms with Crippen LogP contribution in [0, 0.1) is 0 Å². The molecule has 1 heterocycles. The zero-order chi connectivity index (χ0) is 50.4. The Hall–Kier alpha value is -0.890. The quantitative estimate of drug-likeness (QED) is 0.0272. The van der Waals surface area contributed by atoms with Crippen LogP contribution in [0.2, 0.25) is 0 Å². The third kappa shape index (κ3) is 36.6. The van der Waals surface area contributed by atoms with Crippen molar-refractivity contribution in [3.05, 3.63) is 0 Å². The lowest BCUT2D eigenvalue weighted by molar-refractivity contribution is -0.303. The standard InChI is InChI=1S/C58H115NO10/c1-3-5-7-9-11-13-15-17-19-20-21-22-23-24-25-26-27-28-29-30-31-32-34-36-38-40-42-44-46-51(62)57(67)59-49(48-68-58-56(66)55(65)54(64)52(47-60)69-58)53(63)50(61)45-43-41-39-37-35-33-18-16-14-12-10-8-6-4-2/h49-56,58,60-66H,3-48H2,1-2H3,(H,59,67). The SMILES string of the molecule is CCCCCCCCCCCCCCCCCCCCCCCCCCCCCCC(O)C(=O)NC(COC1OC(CO)C(O)C(O)C1O)C(O)C(O)CCCCCCCCCCCCCCCC. The number of hydrogen-bond acceptors (Lipinski definition) is 10. The van der Waals surface area contributed by atoms with Crippen LogP contribution in [0.1, 0.15) is 296 Å². The maximum absolute atomic E-state index is 13.2.